The van der Waals surface area contributed by atoms with Crippen LogP contribution in [0.2, 0.25) is 5.02 Å². The molecule has 0 saturated heterocycles. The molecule has 2 aromatic rings. The van der Waals surface area contributed by atoms with Crippen molar-refractivity contribution in [2.24, 2.45) is 0 Å². The summed E-state index contributed by atoms with van der Waals surface area (Å²) in [7, 11) is 3.18. The highest BCUT2D eigenvalue weighted by Gasteiger charge is 2.10. The predicted molar refractivity (Wildman–Crippen MR) is 76.2 cm³/mol. The van der Waals surface area contributed by atoms with Crippen LogP contribution in [0, 0.1) is 0 Å². The molecule has 0 spiro atoms. The average molecular weight is 284 g/mol. The van der Waals surface area contributed by atoms with Crippen molar-refractivity contribution in [3.63, 3.8) is 0 Å². The van der Waals surface area contributed by atoms with Crippen LogP contribution in [-0.2, 0) is 6.54 Å². The van der Waals surface area contributed by atoms with Gasteiger partial charge in [0.05, 0.1) is 19.2 Å². The number of halogens is 1. The summed E-state index contributed by atoms with van der Waals surface area (Å²) in [5, 5.41) is 7.96. The van der Waals surface area contributed by atoms with E-state index in [2.05, 4.69) is 10.7 Å². The first kappa shape index (κ1) is 13.1. The molecule has 1 heterocycles. The zero-order chi connectivity index (χ0) is 13.0. The van der Waals surface area contributed by atoms with Gasteiger partial charge in [0, 0.05) is 17.6 Å². The van der Waals surface area contributed by atoms with Crippen LogP contribution in [0.1, 0.15) is 5.56 Å². The number of methoxy groups -OCH3 is 2. The summed E-state index contributed by atoms with van der Waals surface area (Å²) in [6.45, 7) is 0.691. The Morgan fingerprint density at radius 2 is 2.11 bits per heavy atom. The van der Waals surface area contributed by atoms with E-state index in [1.165, 1.54) is 0 Å². The van der Waals surface area contributed by atoms with Gasteiger partial charge in [-0.15, -0.1) is 0 Å². The van der Waals surface area contributed by atoms with Gasteiger partial charge in [-0.25, -0.2) is 0 Å². The smallest absolute Gasteiger partial charge is 0.179 e. The lowest BCUT2D eigenvalue weighted by molar-refractivity contribution is 0.355. The van der Waals surface area contributed by atoms with Crippen molar-refractivity contribution < 1.29 is 9.47 Å². The van der Waals surface area contributed by atoms with E-state index in [1.807, 2.05) is 23.6 Å². The first-order valence-corrected chi connectivity index (χ1v) is 6.73. The largest absolute Gasteiger partial charge is 0.493 e. The minimum absolute atomic E-state index is 0.555. The first-order valence-electron chi connectivity index (χ1n) is 5.41. The van der Waals surface area contributed by atoms with Gasteiger partial charge < -0.3 is 14.8 Å². The fourth-order valence-corrected chi connectivity index (χ4v) is 2.57. The third-order valence-corrected chi connectivity index (χ3v) is 3.48. The SMILES string of the molecule is COc1cc(CNc2ccsc2)cc(Cl)c1OC. The molecule has 1 N–H and O–H groups in total. The Bertz CT molecular complexity index is 514. The molecule has 0 amide bonds. The number of thiophene rings is 1. The number of nitrogens with one attached hydrogen (secondary N) is 1. The van der Waals surface area contributed by atoms with Crippen LogP contribution in [0.25, 0.3) is 0 Å². The number of ether oxygens (including phenoxy) is 2. The maximum Gasteiger partial charge on any atom is 0.179 e. The molecule has 1 aromatic heterocycles. The van der Waals surface area contributed by atoms with Gasteiger partial charge in [0.15, 0.2) is 11.5 Å². The molecule has 0 saturated carbocycles. The van der Waals surface area contributed by atoms with Gasteiger partial charge in [-0.2, -0.15) is 11.3 Å². The second-order valence-corrected chi connectivity index (χ2v) is 4.87. The van der Waals surface area contributed by atoms with Crippen molar-refractivity contribution >= 4 is 28.6 Å². The number of anilines is 1. The molecular weight excluding hydrogens is 270 g/mol. The molecule has 3 nitrogen and oxygen atoms in total. The fraction of sp³-hybridized carbons (Fsp3) is 0.231. The van der Waals surface area contributed by atoms with Gasteiger partial charge in [0.1, 0.15) is 0 Å². The lowest BCUT2D eigenvalue weighted by Crippen LogP contribution is -2.00. The first-order chi connectivity index (χ1) is 8.74. The van der Waals surface area contributed by atoms with E-state index < -0.39 is 0 Å². The van der Waals surface area contributed by atoms with E-state index in [9.17, 15) is 0 Å². The summed E-state index contributed by atoms with van der Waals surface area (Å²) < 4.78 is 10.5. The molecule has 1 aromatic carbocycles. The minimum Gasteiger partial charge on any atom is -0.493 e. The van der Waals surface area contributed by atoms with E-state index in [4.69, 9.17) is 21.1 Å². The van der Waals surface area contributed by atoms with E-state index in [1.54, 1.807) is 25.6 Å². The van der Waals surface area contributed by atoms with Crippen LogP contribution in [0.5, 0.6) is 11.5 Å². The van der Waals surface area contributed by atoms with Gasteiger partial charge in [-0.1, -0.05) is 11.6 Å². The molecule has 0 bridgehead atoms. The summed E-state index contributed by atoms with van der Waals surface area (Å²) >= 11 is 7.80. The number of rotatable bonds is 5. The quantitative estimate of drug-likeness (QED) is 0.899. The zero-order valence-electron chi connectivity index (χ0n) is 10.2. The van der Waals surface area contributed by atoms with Crippen LogP contribution >= 0.6 is 22.9 Å². The molecule has 0 fully saturated rings. The Balaban J connectivity index is 2.16. The molecule has 18 heavy (non-hydrogen) atoms. The molecule has 0 unspecified atom stereocenters. The van der Waals surface area contributed by atoms with Gasteiger partial charge >= 0.3 is 0 Å². The van der Waals surface area contributed by atoms with Gasteiger partial charge in [-0.3, -0.25) is 0 Å². The third-order valence-electron chi connectivity index (χ3n) is 2.51. The van der Waals surface area contributed by atoms with Crippen molar-refractivity contribution in [1.82, 2.24) is 0 Å². The number of hydrogen-bond donors (Lipinski definition) is 1. The molecule has 0 atom stereocenters. The standard InChI is InChI=1S/C13H14ClNO2S/c1-16-12-6-9(5-11(14)13(12)17-2)7-15-10-3-4-18-8-10/h3-6,8,15H,7H2,1-2H3. The molecule has 0 aliphatic rings. The minimum atomic E-state index is 0.555. The van der Waals surface area contributed by atoms with Gasteiger partial charge in [0.25, 0.3) is 0 Å². The monoisotopic (exact) mass is 283 g/mol. The van der Waals surface area contributed by atoms with Crippen molar-refractivity contribution in [2.45, 2.75) is 6.54 Å². The van der Waals surface area contributed by atoms with Gasteiger partial charge in [0.2, 0.25) is 0 Å². The molecule has 0 radical (unpaired) electrons. The average Bonchev–Trinajstić information content (AvgIpc) is 2.88. The van der Waals surface area contributed by atoms with E-state index in [0.29, 0.717) is 23.1 Å². The summed E-state index contributed by atoms with van der Waals surface area (Å²) in [6, 6.07) is 5.83. The molecule has 5 heteroatoms. The lowest BCUT2D eigenvalue weighted by Gasteiger charge is -2.12. The van der Waals surface area contributed by atoms with E-state index in [-0.39, 0.29) is 0 Å². The van der Waals surface area contributed by atoms with Gasteiger partial charge in [-0.05, 0) is 29.1 Å². The second kappa shape index (κ2) is 5.98. The predicted octanol–water partition coefficient (Wildman–Crippen LogP) is 4.03. The Kier molecular flexibility index (Phi) is 4.33. The lowest BCUT2D eigenvalue weighted by atomic mass is 10.2. The maximum absolute atomic E-state index is 6.14. The van der Waals surface area contributed by atoms with Crippen LogP contribution in [0.4, 0.5) is 5.69 Å². The fourth-order valence-electron chi connectivity index (χ4n) is 1.64. The summed E-state index contributed by atoms with van der Waals surface area (Å²) in [6.07, 6.45) is 0. The highest BCUT2D eigenvalue weighted by atomic mass is 35.5. The molecule has 2 rings (SSSR count). The molecular formula is C13H14ClNO2S. The molecule has 0 aliphatic heterocycles. The molecule has 0 aliphatic carbocycles. The summed E-state index contributed by atoms with van der Waals surface area (Å²) in [4.78, 5) is 0. The molecule has 96 valence electrons. The highest BCUT2D eigenvalue weighted by molar-refractivity contribution is 7.08. The van der Waals surface area contributed by atoms with Crippen molar-refractivity contribution in [3.05, 3.63) is 39.5 Å². The van der Waals surface area contributed by atoms with Crippen molar-refractivity contribution in [3.8, 4) is 11.5 Å². The Morgan fingerprint density at radius 1 is 1.28 bits per heavy atom. The van der Waals surface area contributed by atoms with Crippen molar-refractivity contribution in [1.29, 1.82) is 0 Å². The second-order valence-electron chi connectivity index (χ2n) is 3.68. The Labute approximate surface area is 115 Å². The van der Waals surface area contributed by atoms with E-state index in [0.717, 1.165) is 11.3 Å². The summed E-state index contributed by atoms with van der Waals surface area (Å²) in [5.41, 5.74) is 2.15. The third kappa shape index (κ3) is 2.89. The van der Waals surface area contributed by atoms with Crippen LogP contribution in [0.3, 0.4) is 0 Å². The Morgan fingerprint density at radius 3 is 2.72 bits per heavy atom. The van der Waals surface area contributed by atoms with Crippen LogP contribution < -0.4 is 14.8 Å². The van der Waals surface area contributed by atoms with Crippen LogP contribution in [0.15, 0.2) is 29.0 Å². The Hall–Kier alpha value is -1.39. The number of benzene rings is 1. The normalized spacial score (nSPS) is 10.2. The topological polar surface area (TPSA) is 30.5 Å². The van der Waals surface area contributed by atoms with E-state index >= 15 is 0 Å². The van der Waals surface area contributed by atoms with Crippen LogP contribution in [-0.4, -0.2) is 14.2 Å². The zero-order valence-corrected chi connectivity index (χ0v) is 11.8. The highest BCUT2D eigenvalue weighted by Crippen LogP contribution is 2.36. The maximum atomic E-state index is 6.14. The summed E-state index contributed by atoms with van der Waals surface area (Å²) in [5.74, 6) is 1.21. The number of hydrogen-bond acceptors (Lipinski definition) is 4. The van der Waals surface area contributed by atoms with Crippen molar-refractivity contribution in [2.75, 3.05) is 19.5 Å².